The van der Waals surface area contributed by atoms with Crippen molar-refractivity contribution in [2.75, 3.05) is 0 Å². The van der Waals surface area contributed by atoms with Gasteiger partial charge in [-0.25, -0.2) is 4.98 Å². The van der Waals surface area contributed by atoms with E-state index >= 15 is 0 Å². The van der Waals surface area contributed by atoms with E-state index in [1.807, 2.05) is 5.38 Å². The average Bonchev–Trinajstić information content (AvgIpc) is 3.02. The molecule has 3 heterocycles. The zero-order valence-corrected chi connectivity index (χ0v) is 12.1. The van der Waals surface area contributed by atoms with E-state index in [-0.39, 0.29) is 18.2 Å². The van der Waals surface area contributed by atoms with Gasteiger partial charge in [-0.3, -0.25) is 19.7 Å². The maximum atomic E-state index is 11.9. The summed E-state index contributed by atoms with van der Waals surface area (Å²) < 4.78 is 0. The first-order chi connectivity index (χ1) is 10.7. The second kappa shape index (κ2) is 6.27. The normalized spacial score (nSPS) is 10.4. The topological polar surface area (TPSA) is 101 Å². The van der Waals surface area contributed by atoms with Crippen LogP contribution in [0.15, 0.2) is 42.4 Å². The van der Waals surface area contributed by atoms with Gasteiger partial charge < -0.3 is 10.4 Å². The van der Waals surface area contributed by atoms with E-state index in [1.54, 1.807) is 18.6 Å². The molecule has 110 valence electrons. The van der Waals surface area contributed by atoms with Crippen molar-refractivity contribution in [1.82, 2.24) is 25.3 Å². The molecule has 0 aliphatic heterocycles. The summed E-state index contributed by atoms with van der Waals surface area (Å²) in [6.07, 6.45) is 7.50. The third-order valence-corrected chi connectivity index (χ3v) is 3.66. The van der Waals surface area contributed by atoms with Gasteiger partial charge in [-0.05, 0) is 6.07 Å². The Morgan fingerprint density at radius 3 is 2.91 bits per heavy atom. The largest absolute Gasteiger partial charge is 0.506 e. The van der Waals surface area contributed by atoms with Gasteiger partial charge in [0.25, 0.3) is 5.91 Å². The fraction of sp³-hybridized carbons (Fsp3) is 0.0714. The zero-order chi connectivity index (χ0) is 15.4. The minimum atomic E-state index is -0.322. The molecule has 1 amide bonds. The summed E-state index contributed by atoms with van der Waals surface area (Å²) in [5.74, 6) is -0.372. The second-order valence-corrected chi connectivity index (χ2v) is 5.21. The van der Waals surface area contributed by atoms with Crippen LogP contribution in [0.25, 0.3) is 10.7 Å². The fourth-order valence-electron chi connectivity index (χ4n) is 1.74. The van der Waals surface area contributed by atoms with Crippen LogP contribution < -0.4 is 5.32 Å². The lowest BCUT2D eigenvalue weighted by Gasteiger charge is -2.03. The first-order valence-electron chi connectivity index (χ1n) is 6.35. The summed E-state index contributed by atoms with van der Waals surface area (Å²) in [6.45, 7) is 0.283. The maximum Gasteiger partial charge on any atom is 0.253 e. The van der Waals surface area contributed by atoms with E-state index in [2.05, 4.69) is 25.3 Å². The number of amides is 1. The minimum absolute atomic E-state index is 0.0498. The standard InChI is InChI=1S/C14H11N5O2S/c20-11-3-9(4-16-6-11)13(21)18-5-10-8-22-14(19-10)12-7-15-1-2-17-12/h1-4,6-8,20H,5H2,(H,18,21). The summed E-state index contributed by atoms with van der Waals surface area (Å²) in [5.41, 5.74) is 1.72. The van der Waals surface area contributed by atoms with Crippen molar-refractivity contribution in [2.24, 2.45) is 0 Å². The van der Waals surface area contributed by atoms with E-state index in [0.717, 1.165) is 10.7 Å². The number of nitrogens with zero attached hydrogens (tertiary/aromatic N) is 4. The zero-order valence-electron chi connectivity index (χ0n) is 11.3. The summed E-state index contributed by atoms with van der Waals surface area (Å²) in [4.78, 5) is 28.3. The van der Waals surface area contributed by atoms with Crippen LogP contribution in [0.2, 0.25) is 0 Å². The Hall–Kier alpha value is -2.87. The quantitative estimate of drug-likeness (QED) is 0.759. The fourth-order valence-corrected chi connectivity index (χ4v) is 2.52. The van der Waals surface area contributed by atoms with Crippen molar-refractivity contribution in [3.05, 3.63) is 53.7 Å². The number of carbonyl (C=O) groups excluding carboxylic acids is 1. The van der Waals surface area contributed by atoms with Gasteiger partial charge in [0.05, 0.1) is 30.2 Å². The summed E-state index contributed by atoms with van der Waals surface area (Å²) >= 11 is 1.44. The predicted octanol–water partition coefficient (Wildman–Crippen LogP) is 1.63. The van der Waals surface area contributed by atoms with Crippen LogP contribution in [0, 0.1) is 0 Å². The number of rotatable bonds is 4. The molecule has 0 radical (unpaired) electrons. The Labute approximate surface area is 129 Å². The SMILES string of the molecule is O=C(NCc1csc(-c2cnccn2)n1)c1cncc(O)c1. The highest BCUT2D eigenvalue weighted by molar-refractivity contribution is 7.13. The number of hydrogen-bond acceptors (Lipinski definition) is 7. The van der Waals surface area contributed by atoms with Crippen LogP contribution >= 0.6 is 11.3 Å². The van der Waals surface area contributed by atoms with Crippen molar-refractivity contribution < 1.29 is 9.90 Å². The predicted molar refractivity (Wildman–Crippen MR) is 80.2 cm³/mol. The van der Waals surface area contributed by atoms with Gasteiger partial charge in [-0.2, -0.15) is 0 Å². The monoisotopic (exact) mass is 313 g/mol. The molecule has 0 aromatic carbocycles. The molecule has 22 heavy (non-hydrogen) atoms. The van der Waals surface area contributed by atoms with E-state index < -0.39 is 0 Å². The van der Waals surface area contributed by atoms with Crippen LogP contribution in [0.1, 0.15) is 16.1 Å². The molecule has 0 bridgehead atoms. The Kier molecular flexibility index (Phi) is 4.01. The smallest absolute Gasteiger partial charge is 0.253 e. The van der Waals surface area contributed by atoms with E-state index in [4.69, 9.17) is 0 Å². The van der Waals surface area contributed by atoms with Crippen LogP contribution in [0.3, 0.4) is 0 Å². The number of aromatic hydroxyl groups is 1. The Morgan fingerprint density at radius 1 is 1.23 bits per heavy atom. The molecule has 8 heteroatoms. The molecule has 0 aliphatic rings. The molecule has 0 fully saturated rings. The molecule has 7 nitrogen and oxygen atoms in total. The molecule has 0 aliphatic carbocycles. The number of carbonyl (C=O) groups is 1. The first kappa shape index (κ1) is 14.1. The van der Waals surface area contributed by atoms with Gasteiger partial charge >= 0.3 is 0 Å². The van der Waals surface area contributed by atoms with Gasteiger partial charge in [-0.15, -0.1) is 11.3 Å². The third-order valence-electron chi connectivity index (χ3n) is 2.75. The lowest BCUT2D eigenvalue weighted by Crippen LogP contribution is -2.23. The van der Waals surface area contributed by atoms with Gasteiger partial charge in [0.15, 0.2) is 0 Å². The van der Waals surface area contributed by atoms with Gasteiger partial charge in [0, 0.05) is 24.0 Å². The Bertz CT molecular complexity index is 791. The number of thiazole rings is 1. The van der Waals surface area contributed by atoms with Crippen LogP contribution in [0.4, 0.5) is 0 Å². The summed E-state index contributed by atoms with van der Waals surface area (Å²) in [7, 11) is 0. The molecular weight excluding hydrogens is 302 g/mol. The lowest BCUT2D eigenvalue weighted by atomic mass is 10.2. The molecule has 0 unspecified atom stereocenters. The molecule has 2 N–H and O–H groups in total. The average molecular weight is 313 g/mol. The molecule has 0 spiro atoms. The van der Waals surface area contributed by atoms with E-state index in [1.165, 1.54) is 29.8 Å². The van der Waals surface area contributed by atoms with Crippen molar-refractivity contribution in [3.63, 3.8) is 0 Å². The highest BCUT2D eigenvalue weighted by Gasteiger charge is 2.09. The van der Waals surface area contributed by atoms with Crippen LogP contribution in [-0.4, -0.2) is 30.9 Å². The molecule has 3 aromatic rings. The molecule has 0 atom stereocenters. The van der Waals surface area contributed by atoms with E-state index in [9.17, 15) is 9.90 Å². The van der Waals surface area contributed by atoms with Crippen LogP contribution in [0.5, 0.6) is 5.75 Å². The second-order valence-electron chi connectivity index (χ2n) is 4.35. The third kappa shape index (κ3) is 3.23. The molecule has 0 saturated carbocycles. The molecule has 0 saturated heterocycles. The summed E-state index contributed by atoms with van der Waals surface area (Å²) in [6, 6.07) is 1.36. The lowest BCUT2D eigenvalue weighted by molar-refractivity contribution is 0.0949. The van der Waals surface area contributed by atoms with Gasteiger partial charge in [0.1, 0.15) is 16.5 Å². The minimum Gasteiger partial charge on any atom is -0.506 e. The number of aromatic nitrogens is 4. The maximum absolute atomic E-state index is 11.9. The highest BCUT2D eigenvalue weighted by Crippen LogP contribution is 2.20. The van der Waals surface area contributed by atoms with Gasteiger partial charge in [-0.1, -0.05) is 0 Å². The van der Waals surface area contributed by atoms with Crippen LogP contribution in [-0.2, 0) is 6.54 Å². The molecular formula is C14H11N5O2S. The molecule has 3 rings (SSSR count). The van der Waals surface area contributed by atoms with Crippen molar-refractivity contribution in [3.8, 4) is 16.5 Å². The van der Waals surface area contributed by atoms with Crippen molar-refractivity contribution in [2.45, 2.75) is 6.54 Å². The highest BCUT2D eigenvalue weighted by atomic mass is 32.1. The molecule has 3 aromatic heterocycles. The number of hydrogen-bond donors (Lipinski definition) is 2. The Morgan fingerprint density at radius 2 is 2.14 bits per heavy atom. The number of pyridine rings is 1. The first-order valence-corrected chi connectivity index (χ1v) is 7.23. The number of nitrogens with one attached hydrogen (secondary N) is 1. The van der Waals surface area contributed by atoms with Crippen molar-refractivity contribution >= 4 is 17.2 Å². The van der Waals surface area contributed by atoms with E-state index in [0.29, 0.717) is 11.3 Å². The van der Waals surface area contributed by atoms with Gasteiger partial charge in [0.2, 0.25) is 0 Å². The Balaban J connectivity index is 1.65. The summed E-state index contributed by atoms with van der Waals surface area (Å²) in [5, 5.41) is 14.6. The van der Waals surface area contributed by atoms with Crippen molar-refractivity contribution in [1.29, 1.82) is 0 Å².